The molecule has 0 bridgehead atoms. The summed E-state index contributed by atoms with van der Waals surface area (Å²) in [6.45, 7) is 6.09. The van der Waals surface area contributed by atoms with Gasteiger partial charge in [-0.25, -0.2) is 0 Å². The van der Waals surface area contributed by atoms with Crippen molar-refractivity contribution in [1.82, 2.24) is 10.6 Å². The van der Waals surface area contributed by atoms with Crippen LogP contribution in [0.4, 0.5) is 0 Å². The molecule has 0 amide bonds. The number of hydrogen-bond donors (Lipinski definition) is 2. The van der Waals surface area contributed by atoms with E-state index in [1.807, 2.05) is 18.2 Å². The molecule has 1 rings (SSSR count). The molecular weight excluding hydrogens is 445 g/mol. The summed E-state index contributed by atoms with van der Waals surface area (Å²) in [5.41, 5.74) is 1.17. The highest BCUT2D eigenvalue weighted by molar-refractivity contribution is 14.0. The number of rotatable bonds is 6. The minimum Gasteiger partial charge on any atom is -0.496 e. The number of benzene rings is 1. The van der Waals surface area contributed by atoms with E-state index in [1.165, 1.54) is 5.56 Å². The van der Waals surface area contributed by atoms with Crippen molar-refractivity contribution >= 4 is 45.9 Å². The van der Waals surface area contributed by atoms with Gasteiger partial charge in [0.1, 0.15) is 5.75 Å². The average Bonchev–Trinajstić information content (AvgIpc) is 2.42. The lowest BCUT2D eigenvalue weighted by atomic mass is 10.1. The number of aliphatic imine (C=N–C) groups is 1. The van der Waals surface area contributed by atoms with Gasteiger partial charge < -0.3 is 15.4 Å². The highest BCUT2D eigenvalue weighted by Gasteiger charge is 2.03. The first-order chi connectivity index (χ1) is 9.56. The minimum atomic E-state index is 0. The molecule has 0 atom stereocenters. The van der Waals surface area contributed by atoms with Gasteiger partial charge in [-0.15, -0.1) is 24.0 Å². The van der Waals surface area contributed by atoms with Crippen LogP contribution >= 0.6 is 39.9 Å². The van der Waals surface area contributed by atoms with Gasteiger partial charge in [0.2, 0.25) is 0 Å². The maximum Gasteiger partial charge on any atom is 0.191 e. The molecule has 0 fully saturated rings. The second-order valence-corrected chi connectivity index (χ2v) is 5.86. The zero-order chi connectivity index (χ0) is 15.0. The summed E-state index contributed by atoms with van der Waals surface area (Å²) in [6.07, 6.45) is 1.13. The molecule has 0 radical (unpaired) electrons. The van der Waals surface area contributed by atoms with Gasteiger partial charge >= 0.3 is 0 Å². The van der Waals surface area contributed by atoms with Gasteiger partial charge in [0.25, 0.3) is 0 Å². The van der Waals surface area contributed by atoms with Crippen molar-refractivity contribution in [3.63, 3.8) is 0 Å². The van der Waals surface area contributed by atoms with Gasteiger partial charge in [0.05, 0.1) is 11.6 Å². The molecule has 6 heteroatoms. The van der Waals surface area contributed by atoms with E-state index in [9.17, 15) is 0 Å². The van der Waals surface area contributed by atoms with Crippen molar-refractivity contribution in [2.75, 3.05) is 20.7 Å². The van der Waals surface area contributed by atoms with E-state index in [0.717, 1.165) is 35.7 Å². The van der Waals surface area contributed by atoms with Crippen LogP contribution in [0.15, 0.2) is 27.7 Å². The fourth-order valence-electron chi connectivity index (χ4n) is 1.71. The molecule has 0 aromatic heterocycles. The zero-order valence-electron chi connectivity index (χ0n) is 13.1. The summed E-state index contributed by atoms with van der Waals surface area (Å²) in [4.78, 5) is 4.21. The van der Waals surface area contributed by atoms with Crippen molar-refractivity contribution in [3.05, 3.63) is 28.2 Å². The molecular formula is C15H25BrIN3O. The summed E-state index contributed by atoms with van der Waals surface area (Å²) in [6, 6.07) is 6.04. The molecule has 0 aliphatic heterocycles. The molecule has 1 aromatic carbocycles. The molecule has 0 spiro atoms. The van der Waals surface area contributed by atoms with Crippen LogP contribution in [0.5, 0.6) is 5.75 Å². The average molecular weight is 470 g/mol. The number of hydrogen-bond acceptors (Lipinski definition) is 2. The highest BCUT2D eigenvalue weighted by atomic mass is 127. The summed E-state index contributed by atoms with van der Waals surface area (Å²) >= 11 is 3.49. The molecule has 0 saturated carbocycles. The van der Waals surface area contributed by atoms with Crippen molar-refractivity contribution in [1.29, 1.82) is 0 Å². The zero-order valence-corrected chi connectivity index (χ0v) is 17.0. The van der Waals surface area contributed by atoms with Gasteiger partial charge in [-0.3, -0.25) is 4.99 Å². The second-order valence-electron chi connectivity index (χ2n) is 5.00. The Morgan fingerprint density at radius 2 is 2.05 bits per heavy atom. The van der Waals surface area contributed by atoms with Crippen molar-refractivity contribution in [3.8, 4) is 5.75 Å². The normalized spacial score (nSPS) is 11.0. The van der Waals surface area contributed by atoms with E-state index in [1.54, 1.807) is 14.2 Å². The van der Waals surface area contributed by atoms with Crippen LogP contribution in [-0.4, -0.2) is 26.7 Å². The van der Waals surface area contributed by atoms with Crippen LogP contribution in [-0.2, 0) is 6.54 Å². The van der Waals surface area contributed by atoms with E-state index >= 15 is 0 Å². The smallest absolute Gasteiger partial charge is 0.191 e. The summed E-state index contributed by atoms with van der Waals surface area (Å²) < 4.78 is 6.18. The first kappa shape index (κ1) is 20.5. The molecule has 0 saturated heterocycles. The van der Waals surface area contributed by atoms with E-state index in [2.05, 4.69) is 45.4 Å². The Morgan fingerprint density at radius 3 is 2.57 bits per heavy atom. The van der Waals surface area contributed by atoms with Crippen molar-refractivity contribution < 1.29 is 4.74 Å². The first-order valence-corrected chi connectivity index (χ1v) is 7.63. The Labute approximate surface area is 153 Å². The molecule has 0 unspecified atom stereocenters. The van der Waals surface area contributed by atoms with Gasteiger partial charge in [0, 0.05) is 20.1 Å². The second kappa shape index (κ2) is 11.1. The largest absolute Gasteiger partial charge is 0.496 e. The first-order valence-electron chi connectivity index (χ1n) is 6.83. The van der Waals surface area contributed by atoms with E-state index in [-0.39, 0.29) is 24.0 Å². The van der Waals surface area contributed by atoms with E-state index in [0.29, 0.717) is 5.92 Å². The predicted molar refractivity (Wildman–Crippen MR) is 104 cm³/mol. The molecule has 120 valence electrons. The van der Waals surface area contributed by atoms with Crippen molar-refractivity contribution in [2.24, 2.45) is 10.9 Å². The lowest BCUT2D eigenvalue weighted by Gasteiger charge is -2.13. The molecule has 0 aliphatic rings. The van der Waals surface area contributed by atoms with E-state index in [4.69, 9.17) is 4.74 Å². The molecule has 21 heavy (non-hydrogen) atoms. The van der Waals surface area contributed by atoms with Gasteiger partial charge in [0.15, 0.2) is 5.96 Å². The van der Waals surface area contributed by atoms with Crippen LogP contribution in [0.25, 0.3) is 0 Å². The van der Waals surface area contributed by atoms with Crippen LogP contribution in [0.3, 0.4) is 0 Å². The van der Waals surface area contributed by atoms with Crippen molar-refractivity contribution in [2.45, 2.75) is 26.8 Å². The van der Waals surface area contributed by atoms with E-state index < -0.39 is 0 Å². The Bertz CT molecular complexity index is 453. The number of guanidine groups is 1. The third-order valence-electron chi connectivity index (χ3n) is 2.91. The topological polar surface area (TPSA) is 45.7 Å². The lowest BCUT2D eigenvalue weighted by molar-refractivity contribution is 0.412. The van der Waals surface area contributed by atoms with Crippen LogP contribution in [0.1, 0.15) is 25.8 Å². The third kappa shape index (κ3) is 7.90. The molecule has 0 heterocycles. The Morgan fingerprint density at radius 1 is 1.33 bits per heavy atom. The third-order valence-corrected chi connectivity index (χ3v) is 3.53. The number of nitrogens with zero attached hydrogens (tertiary/aromatic N) is 1. The van der Waals surface area contributed by atoms with Crippen LogP contribution in [0.2, 0.25) is 0 Å². The summed E-state index contributed by atoms with van der Waals surface area (Å²) in [5.74, 6) is 2.36. The van der Waals surface area contributed by atoms with Gasteiger partial charge in [-0.1, -0.05) is 19.9 Å². The maximum atomic E-state index is 5.22. The number of nitrogens with one attached hydrogen (secondary N) is 2. The number of methoxy groups -OCH3 is 1. The highest BCUT2D eigenvalue weighted by Crippen LogP contribution is 2.25. The van der Waals surface area contributed by atoms with Crippen LogP contribution in [0, 0.1) is 5.92 Å². The SMILES string of the molecule is CN=C(NCCC(C)C)NCc1ccc(OC)c(Br)c1.I. The standard InChI is InChI=1S/C15H24BrN3O.HI/c1-11(2)7-8-18-15(17-3)19-10-12-5-6-14(20-4)13(16)9-12;/h5-6,9,11H,7-8,10H2,1-4H3,(H2,17,18,19);1H. The fourth-order valence-corrected chi connectivity index (χ4v) is 2.29. The van der Waals surface area contributed by atoms with Gasteiger partial charge in [-0.05, 0) is 46.0 Å². The summed E-state index contributed by atoms with van der Waals surface area (Å²) in [7, 11) is 3.45. The predicted octanol–water partition coefficient (Wildman–Crippen LogP) is 3.79. The Kier molecular flexibility index (Phi) is 10.9. The fraction of sp³-hybridized carbons (Fsp3) is 0.533. The number of ether oxygens (including phenoxy) is 1. The Balaban J connectivity index is 0.00000400. The minimum absolute atomic E-state index is 0. The quantitative estimate of drug-likeness (QED) is 0.378. The van der Waals surface area contributed by atoms with Crippen LogP contribution < -0.4 is 15.4 Å². The lowest BCUT2D eigenvalue weighted by Crippen LogP contribution is -2.37. The molecule has 2 N–H and O–H groups in total. The Hall–Kier alpha value is -0.500. The monoisotopic (exact) mass is 469 g/mol. The summed E-state index contributed by atoms with van der Waals surface area (Å²) in [5, 5.41) is 6.61. The molecule has 4 nitrogen and oxygen atoms in total. The molecule has 1 aromatic rings. The molecule has 0 aliphatic carbocycles. The van der Waals surface area contributed by atoms with Gasteiger partial charge in [-0.2, -0.15) is 0 Å². The number of halogens is 2. The maximum absolute atomic E-state index is 5.22.